The van der Waals surface area contributed by atoms with Gasteiger partial charge in [0.05, 0.1) is 5.56 Å². The monoisotopic (exact) mass is 235 g/mol. The molecule has 2 aromatic rings. The Morgan fingerprint density at radius 3 is 2.81 bits per heavy atom. The average Bonchev–Trinajstić information content (AvgIpc) is 2.65. The molecule has 0 aliphatic heterocycles. The van der Waals surface area contributed by atoms with Gasteiger partial charge in [-0.3, -0.25) is 0 Å². The Balaban J connectivity index is 2.71. The molecule has 0 aliphatic rings. The van der Waals surface area contributed by atoms with E-state index >= 15 is 0 Å². The van der Waals surface area contributed by atoms with E-state index in [0.29, 0.717) is 11.3 Å². The number of fused-ring (bicyclic) bond motifs is 1. The zero-order valence-corrected chi connectivity index (χ0v) is 9.87. The number of carbonyl (C=O) groups is 1. The summed E-state index contributed by atoms with van der Waals surface area (Å²) in [7, 11) is 0. The number of carboxylic acids is 1. The van der Waals surface area contributed by atoms with Crippen LogP contribution in [0.2, 0.25) is 0 Å². The maximum atomic E-state index is 10.9. The van der Waals surface area contributed by atoms with Gasteiger partial charge < -0.3 is 9.67 Å². The molecule has 0 saturated carbocycles. The first-order valence-electron chi connectivity index (χ1n) is 5.13. The molecular weight excluding hydrogens is 222 g/mol. The van der Waals surface area contributed by atoms with Crippen LogP contribution in [0.15, 0.2) is 24.4 Å². The van der Waals surface area contributed by atoms with Gasteiger partial charge in [0.15, 0.2) is 0 Å². The Bertz CT molecular complexity index is 545. The molecular formula is C12H13NO2S. The van der Waals surface area contributed by atoms with Crippen LogP contribution in [0.1, 0.15) is 22.8 Å². The number of aromatic nitrogens is 1. The number of hydrogen-bond donors (Lipinski definition) is 2. The zero-order chi connectivity index (χ0) is 11.7. The lowest BCUT2D eigenvalue weighted by molar-refractivity contribution is 0.0697. The number of carboxylic acid groups (broad SMARTS) is 1. The fraction of sp³-hybridized carbons (Fsp3) is 0.250. The topological polar surface area (TPSA) is 42.2 Å². The first-order valence-corrected chi connectivity index (χ1v) is 5.76. The van der Waals surface area contributed by atoms with Crippen LogP contribution in [0.25, 0.3) is 10.9 Å². The summed E-state index contributed by atoms with van der Waals surface area (Å²) < 4.78 is 2.10. The van der Waals surface area contributed by atoms with Crippen LogP contribution >= 0.6 is 12.6 Å². The number of aromatic carboxylic acids is 1. The highest BCUT2D eigenvalue weighted by atomic mass is 32.1. The van der Waals surface area contributed by atoms with E-state index < -0.39 is 5.97 Å². The van der Waals surface area contributed by atoms with Crippen molar-refractivity contribution >= 4 is 29.5 Å². The highest BCUT2D eigenvalue weighted by molar-refractivity contribution is 7.79. The van der Waals surface area contributed by atoms with Gasteiger partial charge in [0, 0.05) is 29.4 Å². The van der Waals surface area contributed by atoms with Crippen molar-refractivity contribution in [2.24, 2.45) is 0 Å². The Hall–Kier alpha value is -1.42. The fourth-order valence-corrected chi connectivity index (χ4v) is 2.14. The summed E-state index contributed by atoms with van der Waals surface area (Å²) in [5, 5.41) is 9.93. The van der Waals surface area contributed by atoms with E-state index in [2.05, 4.69) is 24.1 Å². The van der Waals surface area contributed by atoms with Crippen molar-refractivity contribution in [1.29, 1.82) is 0 Å². The van der Waals surface area contributed by atoms with Crippen LogP contribution in [-0.2, 0) is 12.3 Å². The largest absolute Gasteiger partial charge is 0.478 e. The van der Waals surface area contributed by atoms with Gasteiger partial charge >= 0.3 is 5.97 Å². The molecule has 0 fully saturated rings. The number of hydrogen-bond acceptors (Lipinski definition) is 2. The quantitative estimate of drug-likeness (QED) is 0.803. The van der Waals surface area contributed by atoms with Crippen molar-refractivity contribution < 1.29 is 9.90 Å². The Kier molecular flexibility index (Phi) is 2.92. The summed E-state index contributed by atoms with van der Waals surface area (Å²) in [5.41, 5.74) is 2.46. The van der Waals surface area contributed by atoms with Crippen LogP contribution in [0.5, 0.6) is 0 Å². The van der Waals surface area contributed by atoms with Gasteiger partial charge in [-0.2, -0.15) is 12.6 Å². The van der Waals surface area contributed by atoms with Crippen molar-refractivity contribution in [3.63, 3.8) is 0 Å². The highest BCUT2D eigenvalue weighted by Gasteiger charge is 2.10. The SMILES string of the molecule is CCn1cc(CS)c2cc(C(=O)O)ccc21. The lowest BCUT2D eigenvalue weighted by atomic mass is 10.1. The minimum Gasteiger partial charge on any atom is -0.478 e. The molecule has 0 radical (unpaired) electrons. The summed E-state index contributed by atoms with van der Waals surface area (Å²) in [4.78, 5) is 10.9. The van der Waals surface area contributed by atoms with Crippen LogP contribution < -0.4 is 0 Å². The summed E-state index contributed by atoms with van der Waals surface area (Å²) in [6.45, 7) is 2.93. The average molecular weight is 235 g/mol. The standard InChI is InChI=1S/C12H13NO2S/c1-2-13-6-9(7-16)10-5-8(12(14)15)3-4-11(10)13/h3-6,16H,2,7H2,1H3,(H,14,15). The van der Waals surface area contributed by atoms with E-state index in [1.165, 1.54) is 0 Å². The fourth-order valence-electron chi connectivity index (χ4n) is 1.89. The normalized spacial score (nSPS) is 10.9. The summed E-state index contributed by atoms with van der Waals surface area (Å²) in [5.74, 6) is -0.275. The number of rotatable bonds is 3. The number of nitrogens with zero attached hydrogens (tertiary/aromatic N) is 1. The predicted molar refractivity (Wildman–Crippen MR) is 67.3 cm³/mol. The Labute approximate surface area is 99.1 Å². The van der Waals surface area contributed by atoms with Crippen molar-refractivity contribution in [3.8, 4) is 0 Å². The molecule has 1 N–H and O–H groups in total. The minimum atomic E-state index is -0.892. The van der Waals surface area contributed by atoms with Gasteiger partial charge in [-0.25, -0.2) is 4.79 Å². The molecule has 0 atom stereocenters. The predicted octanol–water partition coefficient (Wildman–Crippen LogP) is 2.79. The summed E-state index contributed by atoms with van der Waals surface area (Å²) in [6, 6.07) is 5.21. The van der Waals surface area contributed by atoms with Gasteiger partial charge in [-0.1, -0.05) is 0 Å². The van der Waals surface area contributed by atoms with E-state index in [-0.39, 0.29) is 0 Å². The molecule has 0 unspecified atom stereocenters. The molecule has 84 valence electrons. The lowest BCUT2D eigenvalue weighted by Crippen LogP contribution is -1.96. The molecule has 0 saturated heterocycles. The smallest absolute Gasteiger partial charge is 0.335 e. The number of aryl methyl sites for hydroxylation is 1. The molecule has 16 heavy (non-hydrogen) atoms. The van der Waals surface area contributed by atoms with Gasteiger partial charge in [-0.05, 0) is 30.7 Å². The third-order valence-corrected chi connectivity index (χ3v) is 3.06. The Morgan fingerprint density at radius 2 is 2.25 bits per heavy atom. The van der Waals surface area contributed by atoms with E-state index in [4.69, 9.17) is 5.11 Å². The van der Waals surface area contributed by atoms with Crippen LogP contribution in [0.4, 0.5) is 0 Å². The van der Waals surface area contributed by atoms with Gasteiger partial charge in [0.25, 0.3) is 0 Å². The molecule has 0 amide bonds. The second-order valence-electron chi connectivity index (χ2n) is 3.64. The molecule has 1 aromatic heterocycles. The van der Waals surface area contributed by atoms with E-state index in [1.54, 1.807) is 12.1 Å². The van der Waals surface area contributed by atoms with Crippen molar-refractivity contribution in [3.05, 3.63) is 35.5 Å². The molecule has 0 bridgehead atoms. The molecule has 1 aromatic carbocycles. The molecule has 1 heterocycles. The zero-order valence-electron chi connectivity index (χ0n) is 8.97. The van der Waals surface area contributed by atoms with Crippen molar-refractivity contribution in [2.75, 3.05) is 0 Å². The Morgan fingerprint density at radius 1 is 1.50 bits per heavy atom. The molecule has 4 heteroatoms. The van der Waals surface area contributed by atoms with Gasteiger partial charge in [0.2, 0.25) is 0 Å². The maximum Gasteiger partial charge on any atom is 0.335 e. The molecule has 3 nitrogen and oxygen atoms in total. The third-order valence-electron chi connectivity index (χ3n) is 2.72. The van der Waals surface area contributed by atoms with Crippen LogP contribution in [0, 0.1) is 0 Å². The molecule has 0 spiro atoms. The van der Waals surface area contributed by atoms with Gasteiger partial charge in [0.1, 0.15) is 0 Å². The molecule has 0 aliphatic carbocycles. The lowest BCUT2D eigenvalue weighted by Gasteiger charge is -2.00. The van der Waals surface area contributed by atoms with E-state index in [0.717, 1.165) is 23.0 Å². The summed E-state index contributed by atoms with van der Waals surface area (Å²) >= 11 is 4.26. The molecule has 2 rings (SSSR count). The number of thiol groups is 1. The second kappa shape index (κ2) is 4.22. The second-order valence-corrected chi connectivity index (χ2v) is 3.95. The minimum absolute atomic E-state index is 0.324. The van der Waals surface area contributed by atoms with Crippen molar-refractivity contribution in [1.82, 2.24) is 4.57 Å². The third kappa shape index (κ3) is 1.69. The van der Waals surface area contributed by atoms with Crippen LogP contribution in [0.3, 0.4) is 0 Å². The van der Waals surface area contributed by atoms with Crippen LogP contribution in [-0.4, -0.2) is 15.6 Å². The first kappa shape index (κ1) is 11.1. The highest BCUT2D eigenvalue weighted by Crippen LogP contribution is 2.24. The number of benzene rings is 1. The first-order chi connectivity index (χ1) is 7.67. The van der Waals surface area contributed by atoms with E-state index in [9.17, 15) is 4.79 Å². The summed E-state index contributed by atoms with van der Waals surface area (Å²) in [6.07, 6.45) is 2.03. The maximum absolute atomic E-state index is 10.9. The van der Waals surface area contributed by atoms with E-state index in [1.807, 2.05) is 12.3 Å². The van der Waals surface area contributed by atoms with Crippen molar-refractivity contribution in [2.45, 2.75) is 19.2 Å². The van der Waals surface area contributed by atoms with Gasteiger partial charge in [-0.15, -0.1) is 0 Å².